The van der Waals surface area contributed by atoms with E-state index in [2.05, 4.69) is 5.10 Å². The Bertz CT molecular complexity index is 1140. The van der Waals surface area contributed by atoms with Crippen molar-refractivity contribution in [3.8, 4) is 16.9 Å². The van der Waals surface area contributed by atoms with Gasteiger partial charge in [0.25, 0.3) is 0 Å². The summed E-state index contributed by atoms with van der Waals surface area (Å²) in [4.78, 5) is 0. The molecular formula is C21H12F6N2. The monoisotopic (exact) mass is 406 g/mol. The van der Waals surface area contributed by atoms with Gasteiger partial charge < -0.3 is 0 Å². The maximum Gasteiger partial charge on any atom is 0.416 e. The lowest BCUT2D eigenvalue weighted by Gasteiger charge is -2.15. The summed E-state index contributed by atoms with van der Waals surface area (Å²) in [5.74, 6) is 0. The van der Waals surface area contributed by atoms with E-state index in [0.29, 0.717) is 34.3 Å². The molecule has 29 heavy (non-hydrogen) atoms. The average molecular weight is 406 g/mol. The number of hydrogen-bond donors (Lipinski definition) is 0. The van der Waals surface area contributed by atoms with E-state index in [0.717, 1.165) is 4.68 Å². The van der Waals surface area contributed by atoms with Crippen LogP contribution in [0.1, 0.15) is 11.1 Å². The first-order chi connectivity index (χ1) is 13.6. The molecule has 0 atom stereocenters. The highest BCUT2D eigenvalue weighted by molar-refractivity contribution is 5.94. The van der Waals surface area contributed by atoms with E-state index in [4.69, 9.17) is 0 Å². The highest BCUT2D eigenvalue weighted by atomic mass is 19.4. The summed E-state index contributed by atoms with van der Waals surface area (Å²) in [6.07, 6.45) is -9.87. The van der Waals surface area contributed by atoms with Crippen LogP contribution in [0.25, 0.3) is 27.8 Å². The van der Waals surface area contributed by atoms with Gasteiger partial charge in [-0.3, -0.25) is 0 Å². The zero-order valence-corrected chi connectivity index (χ0v) is 14.6. The minimum atomic E-state index is -4.94. The molecule has 0 amide bonds. The SMILES string of the molecule is FC(F)(F)c1cc(-n2nc3ccccc3c2-c2ccccc2)cc(C(F)(F)F)c1. The lowest BCUT2D eigenvalue weighted by molar-refractivity contribution is -0.143. The van der Waals surface area contributed by atoms with Crippen molar-refractivity contribution in [2.45, 2.75) is 12.4 Å². The molecule has 0 aliphatic heterocycles. The molecule has 3 aromatic carbocycles. The van der Waals surface area contributed by atoms with Crippen molar-refractivity contribution in [1.29, 1.82) is 0 Å². The van der Waals surface area contributed by atoms with Crippen molar-refractivity contribution < 1.29 is 26.3 Å². The molecule has 8 heteroatoms. The van der Waals surface area contributed by atoms with Crippen molar-refractivity contribution in [2.24, 2.45) is 0 Å². The van der Waals surface area contributed by atoms with Gasteiger partial charge in [0.05, 0.1) is 28.0 Å². The summed E-state index contributed by atoms with van der Waals surface area (Å²) in [7, 11) is 0. The summed E-state index contributed by atoms with van der Waals surface area (Å²) in [6, 6.07) is 16.9. The van der Waals surface area contributed by atoms with E-state index in [1.807, 2.05) is 0 Å². The standard InChI is InChI=1S/C21H12F6N2/c22-20(23,24)14-10-15(21(25,26)27)12-16(11-14)29-19(13-6-2-1-3-7-13)17-8-4-5-9-18(17)28-29/h1-12H. The zero-order valence-electron chi connectivity index (χ0n) is 14.6. The first-order valence-electron chi connectivity index (χ1n) is 8.47. The van der Waals surface area contributed by atoms with Crippen LogP contribution in [0.15, 0.2) is 72.8 Å². The zero-order chi connectivity index (χ0) is 20.8. The molecule has 0 fully saturated rings. The molecule has 0 saturated heterocycles. The van der Waals surface area contributed by atoms with Crippen LogP contribution in [-0.2, 0) is 12.4 Å². The molecule has 1 heterocycles. The predicted molar refractivity (Wildman–Crippen MR) is 96.5 cm³/mol. The molecule has 0 spiro atoms. The number of halogens is 6. The van der Waals surface area contributed by atoms with Gasteiger partial charge in [-0.15, -0.1) is 0 Å². The number of fused-ring (bicyclic) bond motifs is 1. The summed E-state index contributed by atoms with van der Waals surface area (Å²) in [5, 5.41) is 4.90. The number of alkyl halides is 6. The van der Waals surface area contributed by atoms with Crippen molar-refractivity contribution in [3.63, 3.8) is 0 Å². The van der Waals surface area contributed by atoms with E-state index in [1.165, 1.54) is 0 Å². The fourth-order valence-electron chi connectivity index (χ4n) is 3.15. The number of benzene rings is 3. The lowest BCUT2D eigenvalue weighted by atomic mass is 10.1. The maximum atomic E-state index is 13.3. The largest absolute Gasteiger partial charge is 0.416 e. The quantitative estimate of drug-likeness (QED) is 0.338. The molecule has 0 radical (unpaired) electrons. The molecule has 0 unspecified atom stereocenters. The molecule has 4 aromatic rings. The molecule has 0 aliphatic carbocycles. The van der Waals surface area contributed by atoms with Crippen molar-refractivity contribution in [1.82, 2.24) is 9.78 Å². The minimum absolute atomic E-state index is 0.106. The fourth-order valence-corrected chi connectivity index (χ4v) is 3.15. The highest BCUT2D eigenvalue weighted by Gasteiger charge is 2.37. The molecule has 0 bridgehead atoms. The smallest absolute Gasteiger partial charge is 0.232 e. The van der Waals surface area contributed by atoms with Crippen LogP contribution >= 0.6 is 0 Å². The third kappa shape index (κ3) is 3.57. The first kappa shape index (κ1) is 19.0. The van der Waals surface area contributed by atoms with Crippen LogP contribution in [0, 0.1) is 0 Å². The van der Waals surface area contributed by atoms with E-state index < -0.39 is 23.5 Å². The molecule has 2 nitrogen and oxygen atoms in total. The second-order valence-electron chi connectivity index (χ2n) is 6.41. The minimum Gasteiger partial charge on any atom is -0.232 e. The van der Waals surface area contributed by atoms with Crippen LogP contribution in [0.5, 0.6) is 0 Å². The van der Waals surface area contributed by atoms with Gasteiger partial charge in [-0.1, -0.05) is 48.5 Å². The topological polar surface area (TPSA) is 17.8 Å². The number of nitrogens with zero attached hydrogens (tertiary/aromatic N) is 2. The summed E-state index contributed by atoms with van der Waals surface area (Å²) < 4.78 is 80.8. The Hall–Kier alpha value is -3.29. The van der Waals surface area contributed by atoms with E-state index >= 15 is 0 Å². The predicted octanol–water partition coefficient (Wildman–Crippen LogP) is 6.73. The molecule has 0 saturated carbocycles. The van der Waals surface area contributed by atoms with E-state index in [9.17, 15) is 26.3 Å². The van der Waals surface area contributed by atoms with Gasteiger partial charge in [-0.2, -0.15) is 31.4 Å². The Morgan fingerprint density at radius 1 is 0.655 bits per heavy atom. The van der Waals surface area contributed by atoms with E-state index in [1.54, 1.807) is 54.6 Å². The van der Waals surface area contributed by atoms with Gasteiger partial charge in [0, 0.05) is 10.9 Å². The molecular weight excluding hydrogens is 394 g/mol. The summed E-state index contributed by atoms with van der Waals surface area (Å²) in [5.41, 5.74) is -1.61. The van der Waals surface area contributed by atoms with Gasteiger partial charge in [-0.05, 0) is 24.3 Å². The third-order valence-corrected chi connectivity index (χ3v) is 4.44. The molecule has 0 aliphatic rings. The van der Waals surface area contributed by atoms with Crippen LogP contribution < -0.4 is 0 Å². The second-order valence-corrected chi connectivity index (χ2v) is 6.41. The van der Waals surface area contributed by atoms with Gasteiger partial charge in [0.15, 0.2) is 0 Å². The average Bonchev–Trinajstić information content (AvgIpc) is 3.06. The van der Waals surface area contributed by atoms with Gasteiger partial charge in [0.2, 0.25) is 0 Å². The number of hydrogen-bond acceptors (Lipinski definition) is 1. The van der Waals surface area contributed by atoms with Crippen molar-refractivity contribution >= 4 is 10.9 Å². The molecule has 148 valence electrons. The summed E-state index contributed by atoms with van der Waals surface area (Å²) in [6.45, 7) is 0. The molecule has 4 rings (SSSR count). The van der Waals surface area contributed by atoms with Crippen LogP contribution in [0.4, 0.5) is 26.3 Å². The lowest BCUT2D eigenvalue weighted by Crippen LogP contribution is -2.13. The van der Waals surface area contributed by atoms with Gasteiger partial charge in [-0.25, -0.2) is 4.68 Å². The van der Waals surface area contributed by atoms with E-state index in [-0.39, 0.29) is 11.8 Å². The Morgan fingerprint density at radius 2 is 1.21 bits per heavy atom. The number of aromatic nitrogens is 2. The summed E-state index contributed by atoms with van der Waals surface area (Å²) >= 11 is 0. The third-order valence-electron chi connectivity index (χ3n) is 4.44. The molecule has 0 N–H and O–H groups in total. The van der Waals surface area contributed by atoms with Crippen molar-refractivity contribution in [2.75, 3.05) is 0 Å². The van der Waals surface area contributed by atoms with Crippen molar-refractivity contribution in [3.05, 3.63) is 83.9 Å². The maximum absolute atomic E-state index is 13.3. The highest BCUT2D eigenvalue weighted by Crippen LogP contribution is 2.39. The van der Waals surface area contributed by atoms with Gasteiger partial charge in [0.1, 0.15) is 0 Å². The van der Waals surface area contributed by atoms with Crippen LogP contribution in [0.3, 0.4) is 0 Å². The van der Waals surface area contributed by atoms with Crippen LogP contribution in [-0.4, -0.2) is 9.78 Å². The number of rotatable bonds is 2. The first-order valence-corrected chi connectivity index (χ1v) is 8.47. The molecule has 1 aromatic heterocycles. The van der Waals surface area contributed by atoms with Crippen LogP contribution in [0.2, 0.25) is 0 Å². The second kappa shape index (κ2) is 6.65. The Kier molecular flexibility index (Phi) is 4.37. The fraction of sp³-hybridized carbons (Fsp3) is 0.0952. The Morgan fingerprint density at radius 3 is 1.79 bits per heavy atom. The van der Waals surface area contributed by atoms with Gasteiger partial charge >= 0.3 is 12.4 Å². The normalized spacial score (nSPS) is 12.5. The Labute approximate surface area is 161 Å². The Balaban J connectivity index is 2.05.